The molecule has 0 aliphatic carbocycles. The van der Waals surface area contributed by atoms with Crippen LogP contribution in [0.15, 0.2) is 24.3 Å². The number of benzene rings is 1. The summed E-state index contributed by atoms with van der Waals surface area (Å²) in [5.41, 5.74) is 0. The molecule has 0 nitrogen and oxygen atoms in total. The van der Waals surface area contributed by atoms with Crippen molar-refractivity contribution in [2.24, 2.45) is 0 Å². The first-order valence-corrected chi connectivity index (χ1v) is 2.39. The van der Waals surface area contributed by atoms with Crippen molar-refractivity contribution in [3.8, 4) is 0 Å². The van der Waals surface area contributed by atoms with E-state index in [1.807, 2.05) is 12.1 Å². The minimum absolute atomic E-state index is 0. The van der Waals surface area contributed by atoms with Gasteiger partial charge in [0.05, 0.1) is 0 Å². The van der Waals surface area contributed by atoms with Gasteiger partial charge in [-0.3, -0.25) is 0 Å². The fourth-order valence-corrected chi connectivity index (χ4v) is 0.507. The molecule has 1 aromatic carbocycles. The van der Waals surface area contributed by atoms with Crippen molar-refractivity contribution in [3.05, 3.63) is 35.4 Å². The Labute approximate surface area is 96.7 Å². The third-order valence-corrected chi connectivity index (χ3v) is 0.906. The van der Waals surface area contributed by atoms with E-state index in [-0.39, 0.29) is 51.4 Å². The number of hydrogen-bond acceptors (Lipinski definition) is 0. The Balaban J connectivity index is 0.000000490. The topological polar surface area (TPSA) is 0 Å². The smallest absolute Gasteiger partial charge is 0.176 e. The second-order valence-electron chi connectivity index (χ2n) is 1.21. The quantitative estimate of drug-likeness (QED) is 0.334. The van der Waals surface area contributed by atoms with E-state index < -0.39 is 0 Å². The fourth-order valence-electron chi connectivity index (χ4n) is 0.371. The molecule has 0 aromatic heterocycles. The minimum atomic E-state index is 0. The summed E-state index contributed by atoms with van der Waals surface area (Å²) >= 11 is 5.48. The summed E-state index contributed by atoms with van der Waals surface area (Å²) in [6.45, 7) is 0. The predicted molar refractivity (Wildman–Crippen MR) is 30.3 cm³/mol. The molecule has 1 rings (SSSR count). The molecule has 0 saturated heterocycles. The zero-order chi connectivity index (χ0) is 5.11. The van der Waals surface area contributed by atoms with Crippen LogP contribution in [-0.4, -0.2) is 0 Å². The van der Waals surface area contributed by atoms with Gasteiger partial charge in [-0.15, -0.1) is 11.6 Å². The summed E-state index contributed by atoms with van der Waals surface area (Å²) in [6, 6.07) is 10.1. The number of rotatable bonds is 0. The van der Waals surface area contributed by atoms with Crippen molar-refractivity contribution in [1.82, 2.24) is 0 Å². The van der Waals surface area contributed by atoms with Gasteiger partial charge in [-0.05, 0) is 0 Å². The van der Waals surface area contributed by atoms with E-state index in [2.05, 4.69) is 6.07 Å². The molecule has 0 radical (unpaired) electrons. The van der Waals surface area contributed by atoms with Gasteiger partial charge >= 0.3 is 51.4 Å². The standard InChI is InChI=1S/C6H4Cl.K/c7-6-4-2-1-3-5-6;/h1-4H;/q-1;+1. The molecule has 0 aliphatic rings. The van der Waals surface area contributed by atoms with Crippen LogP contribution in [0.4, 0.5) is 0 Å². The molecule has 0 N–H and O–H groups in total. The second kappa shape index (κ2) is 4.97. The zero-order valence-electron chi connectivity index (χ0n) is 4.69. The van der Waals surface area contributed by atoms with Gasteiger partial charge in [0.15, 0.2) is 0 Å². The van der Waals surface area contributed by atoms with E-state index in [0.717, 1.165) is 0 Å². The van der Waals surface area contributed by atoms with Crippen molar-refractivity contribution >= 4 is 11.6 Å². The largest absolute Gasteiger partial charge is 1.00 e. The molecule has 0 bridgehead atoms. The van der Waals surface area contributed by atoms with Gasteiger partial charge in [0.1, 0.15) is 0 Å². The van der Waals surface area contributed by atoms with E-state index in [4.69, 9.17) is 11.6 Å². The minimum Gasteiger partial charge on any atom is -0.176 e. The molecule has 0 atom stereocenters. The van der Waals surface area contributed by atoms with Crippen LogP contribution in [0.5, 0.6) is 0 Å². The van der Waals surface area contributed by atoms with Crippen molar-refractivity contribution < 1.29 is 51.4 Å². The van der Waals surface area contributed by atoms with Crippen molar-refractivity contribution in [1.29, 1.82) is 0 Å². The monoisotopic (exact) mass is 150 g/mol. The molecule has 0 saturated carbocycles. The van der Waals surface area contributed by atoms with Gasteiger partial charge in [-0.1, -0.05) is 5.02 Å². The van der Waals surface area contributed by atoms with E-state index in [0.29, 0.717) is 5.02 Å². The van der Waals surface area contributed by atoms with Crippen molar-refractivity contribution in [2.75, 3.05) is 0 Å². The maximum atomic E-state index is 5.48. The number of halogens is 1. The summed E-state index contributed by atoms with van der Waals surface area (Å²) in [6.07, 6.45) is 0. The first-order chi connectivity index (χ1) is 3.39. The predicted octanol–water partition coefficient (Wildman–Crippen LogP) is -0.856. The SMILES string of the molecule is Clc1[c-]cccc1.[K+]. The van der Waals surface area contributed by atoms with E-state index in [9.17, 15) is 0 Å². The first-order valence-electron chi connectivity index (χ1n) is 2.02. The Morgan fingerprint density at radius 2 is 2.12 bits per heavy atom. The molecular weight excluding hydrogens is 147 g/mol. The molecule has 0 amide bonds. The molecule has 1 aromatic rings. The van der Waals surface area contributed by atoms with Gasteiger partial charge in [-0.25, -0.2) is 0 Å². The molecule has 8 heavy (non-hydrogen) atoms. The van der Waals surface area contributed by atoms with Crippen LogP contribution in [0.1, 0.15) is 0 Å². The molecule has 0 spiro atoms. The summed E-state index contributed by atoms with van der Waals surface area (Å²) in [5.74, 6) is 0. The van der Waals surface area contributed by atoms with Crippen molar-refractivity contribution in [2.45, 2.75) is 0 Å². The Bertz CT molecular complexity index is 138. The van der Waals surface area contributed by atoms with Gasteiger partial charge in [0.2, 0.25) is 0 Å². The maximum Gasteiger partial charge on any atom is 1.00 e. The van der Waals surface area contributed by atoms with Crippen LogP contribution in [0.25, 0.3) is 0 Å². The van der Waals surface area contributed by atoms with Crippen LogP contribution in [0.3, 0.4) is 0 Å². The Kier molecular flexibility index (Phi) is 5.69. The van der Waals surface area contributed by atoms with Gasteiger partial charge in [0, 0.05) is 0 Å². The molecule has 2 heteroatoms. The maximum absolute atomic E-state index is 5.48. The van der Waals surface area contributed by atoms with Gasteiger partial charge < -0.3 is 0 Å². The second-order valence-corrected chi connectivity index (χ2v) is 1.62. The molecule has 0 fully saturated rings. The van der Waals surface area contributed by atoms with E-state index in [1.165, 1.54) is 0 Å². The first kappa shape index (κ1) is 9.15. The Hall–Kier alpha value is 1.15. The fraction of sp³-hybridized carbons (Fsp3) is 0. The van der Waals surface area contributed by atoms with Gasteiger partial charge in [0.25, 0.3) is 0 Å². The molecule has 36 valence electrons. The van der Waals surface area contributed by atoms with Crippen LogP contribution in [0, 0.1) is 6.07 Å². The van der Waals surface area contributed by atoms with E-state index >= 15 is 0 Å². The third-order valence-electron chi connectivity index (χ3n) is 0.671. The Morgan fingerprint density at radius 3 is 2.38 bits per heavy atom. The van der Waals surface area contributed by atoms with Crippen molar-refractivity contribution in [3.63, 3.8) is 0 Å². The zero-order valence-corrected chi connectivity index (χ0v) is 8.57. The summed E-state index contributed by atoms with van der Waals surface area (Å²) < 4.78 is 0. The molecule has 0 heterocycles. The van der Waals surface area contributed by atoms with Crippen LogP contribution in [-0.2, 0) is 0 Å². The van der Waals surface area contributed by atoms with Crippen LogP contribution >= 0.6 is 11.6 Å². The molecular formula is C6H4ClK. The van der Waals surface area contributed by atoms with Crippen LogP contribution in [0.2, 0.25) is 5.02 Å². The number of hydrogen-bond donors (Lipinski definition) is 0. The van der Waals surface area contributed by atoms with E-state index in [1.54, 1.807) is 12.1 Å². The van der Waals surface area contributed by atoms with Crippen LogP contribution < -0.4 is 51.4 Å². The average molecular weight is 151 g/mol. The average Bonchev–Trinajstić information content (AvgIpc) is 1.69. The normalized spacial score (nSPS) is 7.62. The summed E-state index contributed by atoms with van der Waals surface area (Å²) in [4.78, 5) is 0. The summed E-state index contributed by atoms with van der Waals surface area (Å²) in [5, 5.41) is 0.669. The molecule has 0 unspecified atom stereocenters. The Morgan fingerprint density at radius 1 is 1.38 bits per heavy atom. The third kappa shape index (κ3) is 3.23. The van der Waals surface area contributed by atoms with Gasteiger partial charge in [-0.2, -0.15) is 30.3 Å². The molecule has 0 aliphatic heterocycles. The summed E-state index contributed by atoms with van der Waals surface area (Å²) in [7, 11) is 0.